The molecule has 144 valence electrons. The first-order chi connectivity index (χ1) is 11.2. The average molecular weight is 382 g/mol. The predicted octanol–water partition coefficient (Wildman–Crippen LogP) is 6.61. The standard InChI is InChI=1S/C17H36O5P2/c1-5-6-7-8-9-10-11-12-13-14-15-16-17(18)21-24(4,20)22-23(2,3)19/h5-16H2,1-4H3. The zero-order valence-corrected chi connectivity index (χ0v) is 17.7. The molecule has 0 aliphatic rings. The third-order valence-corrected chi connectivity index (χ3v) is 6.89. The fourth-order valence-electron chi connectivity index (χ4n) is 2.54. The number of hydrogen-bond acceptors (Lipinski definition) is 5. The molecule has 0 aromatic heterocycles. The lowest BCUT2D eigenvalue weighted by atomic mass is 10.1. The van der Waals surface area contributed by atoms with Crippen LogP contribution in [-0.2, 0) is 22.8 Å². The molecule has 0 aliphatic heterocycles. The van der Waals surface area contributed by atoms with E-state index >= 15 is 0 Å². The molecule has 0 radical (unpaired) electrons. The van der Waals surface area contributed by atoms with E-state index in [9.17, 15) is 13.9 Å². The molecule has 0 N–H and O–H groups in total. The molecule has 7 heteroatoms. The molecule has 0 rings (SSSR count). The largest absolute Gasteiger partial charge is 0.392 e. The first kappa shape index (κ1) is 23.9. The predicted molar refractivity (Wildman–Crippen MR) is 101 cm³/mol. The van der Waals surface area contributed by atoms with Crippen LogP contribution in [0.25, 0.3) is 0 Å². The van der Waals surface area contributed by atoms with Crippen molar-refractivity contribution in [2.24, 2.45) is 0 Å². The van der Waals surface area contributed by atoms with Crippen molar-refractivity contribution in [2.45, 2.75) is 84.0 Å². The van der Waals surface area contributed by atoms with Crippen molar-refractivity contribution < 1.29 is 22.8 Å². The molecule has 0 saturated heterocycles. The summed E-state index contributed by atoms with van der Waals surface area (Å²) >= 11 is 0. The van der Waals surface area contributed by atoms with Gasteiger partial charge >= 0.3 is 13.6 Å². The third kappa shape index (κ3) is 16.7. The molecule has 1 unspecified atom stereocenters. The Balaban J connectivity index is 3.56. The van der Waals surface area contributed by atoms with Gasteiger partial charge in [0.25, 0.3) is 0 Å². The van der Waals surface area contributed by atoms with Crippen molar-refractivity contribution in [3.63, 3.8) is 0 Å². The van der Waals surface area contributed by atoms with Crippen molar-refractivity contribution in [2.75, 3.05) is 20.0 Å². The Kier molecular flexibility index (Phi) is 13.1. The van der Waals surface area contributed by atoms with Crippen molar-refractivity contribution >= 4 is 20.9 Å². The van der Waals surface area contributed by atoms with E-state index in [1.54, 1.807) is 0 Å². The maximum atomic E-state index is 11.9. The van der Waals surface area contributed by atoms with E-state index in [2.05, 4.69) is 6.92 Å². The lowest BCUT2D eigenvalue weighted by Crippen LogP contribution is -2.03. The molecule has 0 fully saturated rings. The van der Waals surface area contributed by atoms with Crippen LogP contribution >= 0.6 is 15.0 Å². The summed E-state index contributed by atoms with van der Waals surface area (Å²) in [5.41, 5.74) is 0. The smallest absolute Gasteiger partial charge is 0.383 e. The number of carbonyl (C=O) groups excluding carboxylic acids is 1. The maximum Gasteiger partial charge on any atom is 0.383 e. The van der Waals surface area contributed by atoms with Crippen LogP contribution in [-0.4, -0.2) is 26.0 Å². The average Bonchev–Trinajstić information content (AvgIpc) is 2.41. The second kappa shape index (κ2) is 13.1. The Morgan fingerprint density at radius 3 is 1.58 bits per heavy atom. The fourth-order valence-corrected chi connectivity index (χ4v) is 5.99. The summed E-state index contributed by atoms with van der Waals surface area (Å²) in [6.07, 6.45) is 13.5. The SMILES string of the molecule is CCCCCCCCCCCCCC(=O)OP(C)(=O)OP(C)(C)=O. The topological polar surface area (TPSA) is 69.7 Å². The van der Waals surface area contributed by atoms with Gasteiger partial charge in [0.15, 0.2) is 0 Å². The summed E-state index contributed by atoms with van der Waals surface area (Å²) in [6, 6.07) is 0. The van der Waals surface area contributed by atoms with Crippen LogP contribution in [0.5, 0.6) is 0 Å². The van der Waals surface area contributed by atoms with Crippen LogP contribution in [0.15, 0.2) is 0 Å². The molecule has 0 saturated carbocycles. The number of carbonyl (C=O) groups is 1. The van der Waals surface area contributed by atoms with E-state index in [0.717, 1.165) is 19.3 Å². The normalized spacial score (nSPS) is 14.3. The molecule has 1 atom stereocenters. The summed E-state index contributed by atoms with van der Waals surface area (Å²) in [5, 5.41) is 0. The van der Waals surface area contributed by atoms with Gasteiger partial charge in [-0.3, -0.25) is 9.36 Å². The number of unbranched alkanes of at least 4 members (excludes halogenated alkanes) is 10. The van der Waals surface area contributed by atoms with E-state index in [-0.39, 0.29) is 6.42 Å². The van der Waals surface area contributed by atoms with E-state index in [4.69, 9.17) is 8.83 Å². The molecule has 0 amide bonds. The number of hydrogen-bond donors (Lipinski definition) is 0. The Hall–Kier alpha value is -0.110. The van der Waals surface area contributed by atoms with Crippen molar-refractivity contribution in [1.29, 1.82) is 0 Å². The van der Waals surface area contributed by atoms with E-state index in [1.165, 1.54) is 71.4 Å². The summed E-state index contributed by atoms with van der Waals surface area (Å²) in [7, 11) is -6.51. The Morgan fingerprint density at radius 2 is 1.17 bits per heavy atom. The summed E-state index contributed by atoms with van der Waals surface area (Å²) < 4.78 is 33.1. The minimum absolute atomic E-state index is 0.232. The van der Waals surface area contributed by atoms with Crippen LogP contribution in [0.4, 0.5) is 0 Å². The van der Waals surface area contributed by atoms with Crippen molar-refractivity contribution in [3.8, 4) is 0 Å². The summed E-state index contributed by atoms with van der Waals surface area (Å²) in [4.78, 5) is 11.6. The summed E-state index contributed by atoms with van der Waals surface area (Å²) in [6.45, 7) is 6.11. The lowest BCUT2D eigenvalue weighted by Gasteiger charge is -2.16. The van der Waals surface area contributed by atoms with Crippen LogP contribution in [0, 0.1) is 0 Å². The van der Waals surface area contributed by atoms with E-state index < -0.39 is 20.9 Å². The molecule has 0 aliphatic carbocycles. The fraction of sp³-hybridized carbons (Fsp3) is 0.941. The van der Waals surface area contributed by atoms with Gasteiger partial charge in [0.05, 0.1) is 6.66 Å². The van der Waals surface area contributed by atoms with Gasteiger partial charge in [-0.05, 0) is 6.42 Å². The monoisotopic (exact) mass is 382 g/mol. The molecular formula is C17H36O5P2. The molecule has 5 nitrogen and oxygen atoms in total. The van der Waals surface area contributed by atoms with Crippen LogP contribution in [0.3, 0.4) is 0 Å². The van der Waals surface area contributed by atoms with Crippen LogP contribution < -0.4 is 0 Å². The minimum Gasteiger partial charge on any atom is -0.392 e. The van der Waals surface area contributed by atoms with Gasteiger partial charge in [-0.25, -0.2) is 8.88 Å². The van der Waals surface area contributed by atoms with Gasteiger partial charge in [-0.15, -0.1) is 0 Å². The zero-order valence-electron chi connectivity index (χ0n) is 15.9. The van der Waals surface area contributed by atoms with Crippen LogP contribution in [0.2, 0.25) is 0 Å². The van der Waals surface area contributed by atoms with Gasteiger partial charge in [0.1, 0.15) is 0 Å². The van der Waals surface area contributed by atoms with Gasteiger partial charge in [-0.2, -0.15) is 0 Å². The van der Waals surface area contributed by atoms with E-state index in [1.807, 2.05) is 0 Å². The molecule has 0 aromatic rings. The van der Waals surface area contributed by atoms with Gasteiger partial charge < -0.3 is 4.52 Å². The second-order valence-corrected chi connectivity index (χ2v) is 11.7. The van der Waals surface area contributed by atoms with E-state index in [0.29, 0.717) is 0 Å². The summed E-state index contributed by atoms with van der Waals surface area (Å²) in [5.74, 6) is -0.537. The maximum absolute atomic E-state index is 11.9. The first-order valence-corrected chi connectivity index (χ1v) is 13.7. The molecule has 0 aromatic carbocycles. The van der Waals surface area contributed by atoms with Crippen molar-refractivity contribution in [3.05, 3.63) is 0 Å². The van der Waals surface area contributed by atoms with Gasteiger partial charge in [-0.1, -0.05) is 71.1 Å². The second-order valence-electron chi connectivity index (χ2n) is 6.85. The lowest BCUT2D eigenvalue weighted by molar-refractivity contribution is -0.134. The van der Waals surface area contributed by atoms with Crippen molar-refractivity contribution in [1.82, 2.24) is 0 Å². The highest BCUT2D eigenvalue weighted by molar-refractivity contribution is 7.68. The highest BCUT2D eigenvalue weighted by atomic mass is 31.3. The Labute approximate surface area is 148 Å². The van der Waals surface area contributed by atoms with Gasteiger partial charge in [0, 0.05) is 19.8 Å². The molecule has 0 spiro atoms. The highest BCUT2D eigenvalue weighted by Gasteiger charge is 2.27. The molecule has 24 heavy (non-hydrogen) atoms. The molecule has 0 bridgehead atoms. The Bertz CT molecular complexity index is 431. The quantitative estimate of drug-likeness (QED) is 0.235. The minimum atomic E-state index is -3.57. The van der Waals surface area contributed by atoms with Gasteiger partial charge in [0.2, 0.25) is 7.37 Å². The van der Waals surface area contributed by atoms with Crippen LogP contribution in [0.1, 0.15) is 84.0 Å². The number of rotatable bonds is 15. The highest BCUT2D eigenvalue weighted by Crippen LogP contribution is 2.58. The molecule has 0 heterocycles. The third-order valence-electron chi connectivity index (χ3n) is 3.60. The zero-order chi connectivity index (χ0) is 18.5. The first-order valence-electron chi connectivity index (χ1n) is 9.22. The molecular weight excluding hydrogens is 346 g/mol. The Morgan fingerprint density at radius 1 is 0.750 bits per heavy atom.